The first kappa shape index (κ1) is 13.6. The van der Waals surface area contributed by atoms with Crippen LogP contribution in [-0.4, -0.2) is 27.9 Å². The summed E-state index contributed by atoms with van der Waals surface area (Å²) in [6.45, 7) is 4.06. The summed E-state index contributed by atoms with van der Waals surface area (Å²) in [5.41, 5.74) is -1.36. The molecule has 0 unspecified atom stereocenters. The second-order valence-electron chi connectivity index (χ2n) is 4.16. The minimum absolute atomic E-state index is 0.0595. The van der Waals surface area contributed by atoms with Crippen LogP contribution in [0.5, 0.6) is 0 Å². The Balaban J connectivity index is 4.74. The molecule has 0 aliphatic heterocycles. The minimum atomic E-state index is -1.36. The molecule has 0 fully saturated rings. The van der Waals surface area contributed by atoms with Crippen molar-refractivity contribution in [2.45, 2.75) is 33.6 Å². The molecule has 0 aliphatic rings. The molecule has 5 nitrogen and oxygen atoms in total. The molecule has 0 rings (SSSR count). The summed E-state index contributed by atoms with van der Waals surface area (Å²) in [5.74, 6) is -3.52. The Labute approximate surface area is 88.1 Å². The van der Waals surface area contributed by atoms with Crippen molar-refractivity contribution in [3.63, 3.8) is 0 Å². The molecule has 1 atom stereocenters. The van der Waals surface area contributed by atoms with Crippen molar-refractivity contribution in [3.8, 4) is 0 Å². The quantitative estimate of drug-likeness (QED) is 0.695. The van der Waals surface area contributed by atoms with Crippen LogP contribution in [0.25, 0.3) is 0 Å². The highest BCUT2D eigenvalue weighted by atomic mass is 16.4. The lowest BCUT2D eigenvalue weighted by atomic mass is 9.76. The molecule has 0 radical (unpaired) electrons. The molecule has 2 N–H and O–H groups in total. The summed E-state index contributed by atoms with van der Waals surface area (Å²) in [7, 11) is 0. The fourth-order valence-electron chi connectivity index (χ4n) is 1.29. The van der Waals surface area contributed by atoms with Gasteiger partial charge in [-0.15, -0.1) is 0 Å². The van der Waals surface area contributed by atoms with E-state index in [0.717, 1.165) is 0 Å². The van der Waals surface area contributed by atoms with E-state index in [4.69, 9.17) is 10.2 Å². The Kier molecular flexibility index (Phi) is 4.45. The maximum Gasteiger partial charge on any atom is 0.309 e. The van der Waals surface area contributed by atoms with Gasteiger partial charge in [0.25, 0.3) is 0 Å². The first-order valence-corrected chi connectivity index (χ1v) is 4.65. The van der Waals surface area contributed by atoms with Crippen LogP contribution >= 0.6 is 0 Å². The van der Waals surface area contributed by atoms with Crippen molar-refractivity contribution in [1.29, 1.82) is 0 Å². The number of carbonyl (C=O) groups excluding carboxylic acids is 1. The standard InChI is InChI=1S/C10H16O5/c1-6(11)4-5-7(8(12)13)10(2,3)9(14)15/h7H,4-5H2,1-3H3,(H,12,13)(H,14,15)/t7-/m0/s1. The third-order valence-electron chi connectivity index (χ3n) is 2.51. The van der Waals surface area contributed by atoms with E-state index in [1.165, 1.54) is 20.8 Å². The monoisotopic (exact) mass is 216 g/mol. The van der Waals surface area contributed by atoms with Gasteiger partial charge in [0.15, 0.2) is 0 Å². The molecule has 86 valence electrons. The number of Topliss-reactive ketones (excluding diaryl/α,β-unsaturated/α-hetero) is 1. The lowest BCUT2D eigenvalue weighted by Gasteiger charge is -2.26. The molecule has 15 heavy (non-hydrogen) atoms. The zero-order valence-electron chi connectivity index (χ0n) is 9.11. The SMILES string of the molecule is CC(=O)CC[C@@H](C(=O)O)C(C)(C)C(=O)O. The Morgan fingerprint density at radius 2 is 1.67 bits per heavy atom. The van der Waals surface area contributed by atoms with E-state index >= 15 is 0 Å². The minimum Gasteiger partial charge on any atom is -0.481 e. The molecule has 5 heteroatoms. The zero-order chi connectivity index (χ0) is 12.2. The predicted octanol–water partition coefficient (Wildman–Crippen LogP) is 1.17. The van der Waals surface area contributed by atoms with Gasteiger partial charge in [0.1, 0.15) is 5.78 Å². The highest BCUT2D eigenvalue weighted by Crippen LogP contribution is 2.31. The molecule has 0 spiro atoms. The van der Waals surface area contributed by atoms with Crippen LogP contribution in [0.4, 0.5) is 0 Å². The second-order valence-corrected chi connectivity index (χ2v) is 4.16. The van der Waals surface area contributed by atoms with Crippen LogP contribution in [-0.2, 0) is 14.4 Å². The van der Waals surface area contributed by atoms with Crippen LogP contribution in [0.1, 0.15) is 33.6 Å². The molecule has 0 aliphatic carbocycles. The van der Waals surface area contributed by atoms with Crippen molar-refractivity contribution >= 4 is 17.7 Å². The van der Waals surface area contributed by atoms with Gasteiger partial charge in [0.2, 0.25) is 0 Å². The Bertz CT molecular complexity index is 280. The van der Waals surface area contributed by atoms with Gasteiger partial charge in [-0.3, -0.25) is 9.59 Å². The van der Waals surface area contributed by atoms with Gasteiger partial charge < -0.3 is 15.0 Å². The van der Waals surface area contributed by atoms with Gasteiger partial charge in [-0.2, -0.15) is 0 Å². The van der Waals surface area contributed by atoms with Crippen LogP contribution < -0.4 is 0 Å². The van der Waals surface area contributed by atoms with E-state index in [1.54, 1.807) is 0 Å². The second kappa shape index (κ2) is 4.91. The van der Waals surface area contributed by atoms with Crippen LogP contribution in [0.15, 0.2) is 0 Å². The largest absolute Gasteiger partial charge is 0.481 e. The first-order chi connectivity index (χ1) is 6.69. The smallest absolute Gasteiger partial charge is 0.309 e. The van der Waals surface area contributed by atoms with E-state index in [0.29, 0.717) is 0 Å². The summed E-state index contributed by atoms with van der Waals surface area (Å²) in [5, 5.41) is 17.8. The maximum absolute atomic E-state index is 10.9. The van der Waals surface area contributed by atoms with Crippen LogP contribution in [0.2, 0.25) is 0 Å². The number of carboxylic acids is 2. The summed E-state index contributed by atoms with van der Waals surface area (Å²) in [4.78, 5) is 32.5. The van der Waals surface area contributed by atoms with E-state index in [1.807, 2.05) is 0 Å². The summed E-state index contributed by atoms with van der Waals surface area (Å²) in [6, 6.07) is 0. The molecule has 0 aromatic rings. The average molecular weight is 216 g/mol. The Hall–Kier alpha value is -1.39. The van der Waals surface area contributed by atoms with Crippen molar-refractivity contribution in [1.82, 2.24) is 0 Å². The van der Waals surface area contributed by atoms with Crippen molar-refractivity contribution < 1.29 is 24.6 Å². The van der Waals surface area contributed by atoms with Crippen molar-refractivity contribution in [3.05, 3.63) is 0 Å². The number of rotatable bonds is 6. The summed E-state index contributed by atoms with van der Waals surface area (Å²) < 4.78 is 0. The van der Waals surface area contributed by atoms with E-state index < -0.39 is 23.3 Å². The summed E-state index contributed by atoms with van der Waals surface area (Å²) in [6.07, 6.45) is 0.150. The van der Waals surface area contributed by atoms with Gasteiger partial charge in [-0.1, -0.05) is 0 Å². The predicted molar refractivity (Wildman–Crippen MR) is 52.5 cm³/mol. The summed E-state index contributed by atoms with van der Waals surface area (Å²) >= 11 is 0. The van der Waals surface area contributed by atoms with E-state index in [-0.39, 0.29) is 18.6 Å². The number of carboxylic acid groups (broad SMARTS) is 2. The normalized spacial score (nSPS) is 13.3. The molecular formula is C10H16O5. The first-order valence-electron chi connectivity index (χ1n) is 4.65. The molecule has 0 amide bonds. The zero-order valence-corrected chi connectivity index (χ0v) is 9.11. The molecule has 0 saturated carbocycles. The van der Waals surface area contributed by atoms with Gasteiger partial charge in [-0.05, 0) is 27.2 Å². The fraction of sp³-hybridized carbons (Fsp3) is 0.700. The number of aliphatic carboxylic acids is 2. The highest BCUT2D eigenvalue weighted by Gasteiger charge is 2.41. The molecule has 0 saturated heterocycles. The third kappa shape index (κ3) is 3.69. The number of hydrogen-bond acceptors (Lipinski definition) is 3. The van der Waals surface area contributed by atoms with Crippen LogP contribution in [0, 0.1) is 11.3 Å². The number of carbonyl (C=O) groups is 3. The molecule has 0 bridgehead atoms. The third-order valence-corrected chi connectivity index (χ3v) is 2.51. The Morgan fingerprint density at radius 3 is 1.93 bits per heavy atom. The lowest BCUT2D eigenvalue weighted by Crippen LogP contribution is -2.38. The van der Waals surface area contributed by atoms with Crippen molar-refractivity contribution in [2.75, 3.05) is 0 Å². The van der Waals surface area contributed by atoms with Crippen LogP contribution in [0.3, 0.4) is 0 Å². The fourth-order valence-corrected chi connectivity index (χ4v) is 1.29. The van der Waals surface area contributed by atoms with E-state index in [2.05, 4.69) is 0 Å². The number of hydrogen-bond donors (Lipinski definition) is 2. The maximum atomic E-state index is 10.9. The van der Waals surface area contributed by atoms with E-state index in [9.17, 15) is 14.4 Å². The van der Waals surface area contributed by atoms with Gasteiger partial charge >= 0.3 is 11.9 Å². The molecular weight excluding hydrogens is 200 g/mol. The molecule has 0 aromatic heterocycles. The topological polar surface area (TPSA) is 91.7 Å². The van der Waals surface area contributed by atoms with Crippen molar-refractivity contribution in [2.24, 2.45) is 11.3 Å². The van der Waals surface area contributed by atoms with Gasteiger partial charge in [0, 0.05) is 6.42 Å². The van der Waals surface area contributed by atoms with Gasteiger partial charge in [-0.25, -0.2) is 0 Å². The lowest BCUT2D eigenvalue weighted by molar-refractivity contribution is -0.160. The number of ketones is 1. The van der Waals surface area contributed by atoms with Gasteiger partial charge in [0.05, 0.1) is 11.3 Å². The molecule has 0 heterocycles. The molecule has 0 aromatic carbocycles. The highest BCUT2D eigenvalue weighted by molar-refractivity contribution is 5.83. The average Bonchev–Trinajstić information content (AvgIpc) is 2.01. The Morgan fingerprint density at radius 1 is 1.20 bits per heavy atom.